The molecule has 0 radical (unpaired) electrons. The summed E-state index contributed by atoms with van der Waals surface area (Å²) in [5.74, 6) is 1.01. The second-order valence-electron chi connectivity index (χ2n) is 5.29. The third kappa shape index (κ3) is 2.26. The maximum atomic E-state index is 5.98. The lowest BCUT2D eigenvalue weighted by Crippen LogP contribution is -2.34. The molecular formula is C15H20N2O2. The zero-order chi connectivity index (χ0) is 13.4. The molecule has 0 spiro atoms. The number of hydrogen-bond donors (Lipinski definition) is 1. The average Bonchev–Trinajstić information content (AvgIpc) is 2.95. The van der Waals surface area contributed by atoms with E-state index < -0.39 is 0 Å². The van der Waals surface area contributed by atoms with E-state index in [9.17, 15) is 0 Å². The summed E-state index contributed by atoms with van der Waals surface area (Å²) in [7, 11) is 0. The molecule has 1 aromatic heterocycles. The Morgan fingerprint density at radius 1 is 1.32 bits per heavy atom. The Kier molecular flexibility index (Phi) is 3.29. The molecule has 4 heteroatoms. The SMILES string of the molecule is CCNC1COCC1c1nc2cc(C)cc(C)c2o1. The van der Waals surface area contributed by atoms with Crippen LogP contribution in [0.2, 0.25) is 0 Å². The van der Waals surface area contributed by atoms with E-state index in [0.717, 1.165) is 35.7 Å². The van der Waals surface area contributed by atoms with Crippen LogP contribution in [0.3, 0.4) is 0 Å². The smallest absolute Gasteiger partial charge is 0.202 e. The molecule has 102 valence electrons. The van der Waals surface area contributed by atoms with E-state index in [0.29, 0.717) is 12.6 Å². The number of aromatic nitrogens is 1. The summed E-state index contributed by atoms with van der Waals surface area (Å²) in [4.78, 5) is 4.66. The van der Waals surface area contributed by atoms with Crippen LogP contribution in [-0.4, -0.2) is 30.8 Å². The average molecular weight is 260 g/mol. The molecule has 1 saturated heterocycles. The van der Waals surface area contributed by atoms with Crippen molar-refractivity contribution in [2.24, 2.45) is 0 Å². The first-order valence-corrected chi connectivity index (χ1v) is 6.88. The van der Waals surface area contributed by atoms with Gasteiger partial charge in [-0.15, -0.1) is 0 Å². The summed E-state index contributed by atoms with van der Waals surface area (Å²) in [5, 5.41) is 3.44. The maximum Gasteiger partial charge on any atom is 0.202 e. The maximum absolute atomic E-state index is 5.98. The number of aryl methyl sites for hydroxylation is 2. The first kappa shape index (κ1) is 12.6. The summed E-state index contributed by atoms with van der Waals surface area (Å²) < 4.78 is 11.5. The molecule has 2 unspecified atom stereocenters. The van der Waals surface area contributed by atoms with Gasteiger partial charge in [-0.1, -0.05) is 13.0 Å². The molecule has 0 aliphatic carbocycles. The molecular weight excluding hydrogens is 240 g/mol. The van der Waals surface area contributed by atoms with Crippen molar-refractivity contribution in [1.82, 2.24) is 10.3 Å². The summed E-state index contributed by atoms with van der Waals surface area (Å²) >= 11 is 0. The molecule has 1 fully saturated rings. The lowest BCUT2D eigenvalue weighted by atomic mass is 10.0. The van der Waals surface area contributed by atoms with Crippen molar-refractivity contribution < 1.29 is 9.15 Å². The van der Waals surface area contributed by atoms with Gasteiger partial charge < -0.3 is 14.5 Å². The van der Waals surface area contributed by atoms with Gasteiger partial charge in [0, 0.05) is 6.04 Å². The fourth-order valence-electron chi connectivity index (χ4n) is 2.81. The highest BCUT2D eigenvalue weighted by molar-refractivity contribution is 5.77. The quantitative estimate of drug-likeness (QED) is 0.921. The van der Waals surface area contributed by atoms with Gasteiger partial charge in [0.15, 0.2) is 5.58 Å². The Hall–Kier alpha value is -1.39. The van der Waals surface area contributed by atoms with Crippen LogP contribution in [0.5, 0.6) is 0 Å². The van der Waals surface area contributed by atoms with Gasteiger partial charge in [0.1, 0.15) is 5.52 Å². The number of fused-ring (bicyclic) bond motifs is 1. The highest BCUT2D eigenvalue weighted by Gasteiger charge is 2.33. The zero-order valence-corrected chi connectivity index (χ0v) is 11.7. The predicted octanol–water partition coefficient (Wildman–Crippen LogP) is 2.54. The predicted molar refractivity (Wildman–Crippen MR) is 74.5 cm³/mol. The van der Waals surface area contributed by atoms with E-state index in [1.54, 1.807) is 0 Å². The van der Waals surface area contributed by atoms with E-state index in [-0.39, 0.29) is 5.92 Å². The van der Waals surface area contributed by atoms with Crippen LogP contribution in [-0.2, 0) is 4.74 Å². The van der Waals surface area contributed by atoms with Crippen LogP contribution in [0.15, 0.2) is 16.5 Å². The second kappa shape index (κ2) is 4.94. The van der Waals surface area contributed by atoms with Crippen LogP contribution < -0.4 is 5.32 Å². The van der Waals surface area contributed by atoms with Crippen molar-refractivity contribution in [2.45, 2.75) is 32.7 Å². The van der Waals surface area contributed by atoms with Crippen LogP contribution in [0, 0.1) is 13.8 Å². The summed E-state index contributed by atoms with van der Waals surface area (Å²) in [6.45, 7) is 8.60. The molecule has 0 saturated carbocycles. The van der Waals surface area contributed by atoms with Gasteiger partial charge in [-0.3, -0.25) is 0 Å². The van der Waals surface area contributed by atoms with Crippen molar-refractivity contribution in [2.75, 3.05) is 19.8 Å². The third-order valence-electron chi connectivity index (χ3n) is 3.70. The summed E-state index contributed by atoms with van der Waals surface area (Å²) in [5.41, 5.74) is 4.22. The zero-order valence-electron chi connectivity index (χ0n) is 11.7. The lowest BCUT2D eigenvalue weighted by molar-refractivity contribution is 0.186. The number of likely N-dealkylation sites (N-methyl/N-ethyl adjacent to an activating group) is 1. The Balaban J connectivity index is 1.99. The minimum Gasteiger partial charge on any atom is -0.440 e. The molecule has 19 heavy (non-hydrogen) atoms. The Morgan fingerprint density at radius 2 is 2.16 bits per heavy atom. The highest BCUT2D eigenvalue weighted by Crippen LogP contribution is 2.30. The van der Waals surface area contributed by atoms with Gasteiger partial charge in [0.05, 0.1) is 19.1 Å². The minimum atomic E-state index is 0.215. The van der Waals surface area contributed by atoms with Crippen LogP contribution in [0.1, 0.15) is 29.9 Å². The topological polar surface area (TPSA) is 47.3 Å². The van der Waals surface area contributed by atoms with E-state index in [4.69, 9.17) is 9.15 Å². The van der Waals surface area contributed by atoms with Crippen LogP contribution >= 0.6 is 0 Å². The monoisotopic (exact) mass is 260 g/mol. The molecule has 0 bridgehead atoms. The first-order valence-electron chi connectivity index (χ1n) is 6.88. The number of hydrogen-bond acceptors (Lipinski definition) is 4. The van der Waals surface area contributed by atoms with Crippen LogP contribution in [0.25, 0.3) is 11.1 Å². The lowest BCUT2D eigenvalue weighted by Gasteiger charge is -2.14. The van der Waals surface area contributed by atoms with E-state index in [2.05, 4.69) is 43.2 Å². The molecule has 2 atom stereocenters. The number of nitrogens with one attached hydrogen (secondary N) is 1. The fourth-order valence-corrected chi connectivity index (χ4v) is 2.81. The molecule has 3 rings (SSSR count). The Labute approximate surface area is 113 Å². The number of nitrogens with zero attached hydrogens (tertiary/aromatic N) is 1. The Bertz CT molecular complexity index is 591. The standard InChI is InChI=1S/C15H20N2O2/c1-4-16-13-8-18-7-11(13)15-17-12-6-9(2)5-10(3)14(12)19-15/h5-6,11,13,16H,4,7-8H2,1-3H3. The number of rotatable bonds is 3. The molecule has 1 aliphatic rings. The van der Waals surface area contributed by atoms with Gasteiger partial charge >= 0.3 is 0 Å². The van der Waals surface area contributed by atoms with E-state index in [1.807, 2.05) is 0 Å². The van der Waals surface area contributed by atoms with Crippen LogP contribution in [0.4, 0.5) is 0 Å². The first-order chi connectivity index (χ1) is 9.19. The minimum absolute atomic E-state index is 0.215. The number of ether oxygens (including phenoxy) is 1. The van der Waals surface area contributed by atoms with Gasteiger partial charge in [0.2, 0.25) is 5.89 Å². The van der Waals surface area contributed by atoms with Crippen molar-refractivity contribution in [3.05, 3.63) is 29.2 Å². The molecule has 0 amide bonds. The van der Waals surface area contributed by atoms with Crippen molar-refractivity contribution >= 4 is 11.1 Å². The van der Waals surface area contributed by atoms with Crippen molar-refractivity contribution in [3.8, 4) is 0 Å². The normalized spacial score (nSPS) is 23.3. The molecule has 1 aromatic carbocycles. The van der Waals surface area contributed by atoms with Gasteiger partial charge in [-0.25, -0.2) is 4.98 Å². The third-order valence-corrected chi connectivity index (χ3v) is 3.70. The number of benzene rings is 1. The fraction of sp³-hybridized carbons (Fsp3) is 0.533. The second-order valence-corrected chi connectivity index (χ2v) is 5.29. The van der Waals surface area contributed by atoms with Gasteiger partial charge in [-0.05, 0) is 37.6 Å². The largest absolute Gasteiger partial charge is 0.440 e. The number of oxazole rings is 1. The van der Waals surface area contributed by atoms with Gasteiger partial charge in [0.25, 0.3) is 0 Å². The molecule has 2 heterocycles. The molecule has 2 aromatic rings. The Morgan fingerprint density at radius 3 is 2.95 bits per heavy atom. The summed E-state index contributed by atoms with van der Waals surface area (Å²) in [6.07, 6.45) is 0. The summed E-state index contributed by atoms with van der Waals surface area (Å²) in [6, 6.07) is 4.51. The van der Waals surface area contributed by atoms with E-state index >= 15 is 0 Å². The highest BCUT2D eigenvalue weighted by atomic mass is 16.5. The van der Waals surface area contributed by atoms with E-state index in [1.165, 1.54) is 5.56 Å². The molecule has 1 N–H and O–H groups in total. The molecule has 4 nitrogen and oxygen atoms in total. The molecule has 1 aliphatic heterocycles. The van der Waals surface area contributed by atoms with Crippen molar-refractivity contribution in [1.29, 1.82) is 0 Å². The van der Waals surface area contributed by atoms with Gasteiger partial charge in [-0.2, -0.15) is 0 Å². The van der Waals surface area contributed by atoms with Crippen molar-refractivity contribution in [3.63, 3.8) is 0 Å².